The number of amides is 1. The number of hydrogen-bond donors (Lipinski definition) is 1. The van der Waals surface area contributed by atoms with Crippen molar-refractivity contribution in [2.24, 2.45) is 5.73 Å². The number of morpholine rings is 1. The first-order valence-corrected chi connectivity index (χ1v) is 7.00. The van der Waals surface area contributed by atoms with Crippen LogP contribution in [0.5, 0.6) is 0 Å². The van der Waals surface area contributed by atoms with Crippen molar-refractivity contribution < 1.29 is 9.53 Å². The van der Waals surface area contributed by atoms with Gasteiger partial charge >= 0.3 is 0 Å². The van der Waals surface area contributed by atoms with E-state index in [9.17, 15) is 4.79 Å². The number of benzene rings is 1. The lowest BCUT2D eigenvalue weighted by Gasteiger charge is -2.32. The first-order valence-electron chi connectivity index (χ1n) is 7.00. The summed E-state index contributed by atoms with van der Waals surface area (Å²) in [5.41, 5.74) is 9.16. The monoisotopic (exact) mass is 260 g/mol. The molecule has 102 valence electrons. The Morgan fingerprint density at radius 3 is 3.05 bits per heavy atom. The van der Waals surface area contributed by atoms with Crippen LogP contribution in [0.15, 0.2) is 18.2 Å². The largest absolute Gasteiger partial charge is 0.373 e. The highest BCUT2D eigenvalue weighted by atomic mass is 16.5. The molecular formula is C15H20N2O2. The Labute approximate surface area is 113 Å². The minimum atomic E-state index is -0.0212. The van der Waals surface area contributed by atoms with Crippen molar-refractivity contribution in [3.8, 4) is 0 Å². The number of carbonyl (C=O) groups excluding carboxylic acids is 1. The summed E-state index contributed by atoms with van der Waals surface area (Å²) in [5, 5.41) is 0. The molecule has 3 rings (SSSR count). The molecule has 1 aliphatic heterocycles. The van der Waals surface area contributed by atoms with Crippen LogP contribution in [0.4, 0.5) is 0 Å². The van der Waals surface area contributed by atoms with Gasteiger partial charge in [-0.3, -0.25) is 4.79 Å². The molecule has 4 nitrogen and oxygen atoms in total. The smallest absolute Gasteiger partial charge is 0.254 e. The van der Waals surface area contributed by atoms with Gasteiger partial charge in [-0.15, -0.1) is 0 Å². The Morgan fingerprint density at radius 2 is 2.21 bits per heavy atom. The quantitative estimate of drug-likeness (QED) is 0.862. The highest BCUT2D eigenvalue weighted by Crippen LogP contribution is 2.23. The minimum absolute atomic E-state index is 0.0212. The van der Waals surface area contributed by atoms with Crippen LogP contribution >= 0.6 is 0 Å². The maximum atomic E-state index is 12.5. The van der Waals surface area contributed by atoms with Crippen molar-refractivity contribution in [1.82, 2.24) is 4.90 Å². The lowest BCUT2D eigenvalue weighted by Crippen LogP contribution is -2.48. The van der Waals surface area contributed by atoms with Crippen molar-refractivity contribution >= 4 is 5.91 Å². The van der Waals surface area contributed by atoms with Gasteiger partial charge in [0.1, 0.15) is 0 Å². The lowest BCUT2D eigenvalue weighted by molar-refractivity contribution is -0.0167. The number of nitrogens with two attached hydrogens (primary N) is 1. The van der Waals surface area contributed by atoms with E-state index in [-0.39, 0.29) is 12.0 Å². The summed E-state index contributed by atoms with van der Waals surface area (Å²) >= 11 is 0. The van der Waals surface area contributed by atoms with Gasteiger partial charge in [-0.1, -0.05) is 6.07 Å². The zero-order valence-corrected chi connectivity index (χ0v) is 11.1. The van der Waals surface area contributed by atoms with E-state index in [4.69, 9.17) is 10.5 Å². The molecule has 2 aliphatic rings. The van der Waals surface area contributed by atoms with Gasteiger partial charge in [0.15, 0.2) is 0 Å². The molecular weight excluding hydrogens is 240 g/mol. The van der Waals surface area contributed by atoms with Crippen LogP contribution in [-0.2, 0) is 17.6 Å². The Bertz CT molecular complexity index is 487. The van der Waals surface area contributed by atoms with E-state index in [2.05, 4.69) is 12.1 Å². The summed E-state index contributed by atoms with van der Waals surface area (Å²) in [7, 11) is 0. The molecule has 19 heavy (non-hydrogen) atoms. The summed E-state index contributed by atoms with van der Waals surface area (Å²) in [6, 6.07) is 6.13. The fraction of sp³-hybridized carbons (Fsp3) is 0.533. The van der Waals surface area contributed by atoms with E-state index in [1.807, 2.05) is 11.0 Å². The first kappa shape index (κ1) is 12.6. The number of carbonyl (C=O) groups is 1. The molecule has 1 heterocycles. The fourth-order valence-electron chi connectivity index (χ4n) is 2.93. The number of hydrogen-bond acceptors (Lipinski definition) is 3. The summed E-state index contributed by atoms with van der Waals surface area (Å²) in [6.07, 6.45) is 3.44. The third-order valence-electron chi connectivity index (χ3n) is 4.03. The number of rotatable bonds is 2. The van der Waals surface area contributed by atoms with Gasteiger partial charge in [-0.2, -0.15) is 0 Å². The normalized spacial score (nSPS) is 22.4. The third-order valence-corrected chi connectivity index (χ3v) is 4.03. The SMILES string of the molecule is NC[C@@H]1CN(C(=O)c2ccc3c(c2)CCC3)CCO1. The summed E-state index contributed by atoms with van der Waals surface area (Å²) in [4.78, 5) is 14.3. The summed E-state index contributed by atoms with van der Waals surface area (Å²) < 4.78 is 5.50. The molecule has 1 atom stereocenters. The molecule has 1 aromatic rings. The molecule has 0 bridgehead atoms. The number of fused-ring (bicyclic) bond motifs is 1. The molecule has 0 unspecified atom stereocenters. The second-order valence-corrected chi connectivity index (χ2v) is 5.32. The number of aryl methyl sites for hydroxylation is 2. The molecule has 0 aromatic heterocycles. The van der Waals surface area contributed by atoms with E-state index >= 15 is 0 Å². The predicted molar refractivity (Wildman–Crippen MR) is 73.2 cm³/mol. The average Bonchev–Trinajstić information content (AvgIpc) is 2.94. The van der Waals surface area contributed by atoms with Crippen molar-refractivity contribution in [2.45, 2.75) is 25.4 Å². The summed E-state index contributed by atoms with van der Waals surface area (Å²) in [6.45, 7) is 2.31. The van der Waals surface area contributed by atoms with Crippen molar-refractivity contribution in [3.63, 3.8) is 0 Å². The van der Waals surface area contributed by atoms with Crippen LogP contribution in [0, 0.1) is 0 Å². The minimum Gasteiger partial charge on any atom is -0.373 e. The van der Waals surface area contributed by atoms with Crippen LogP contribution in [0.25, 0.3) is 0 Å². The Morgan fingerprint density at radius 1 is 1.37 bits per heavy atom. The van der Waals surface area contributed by atoms with E-state index < -0.39 is 0 Å². The lowest BCUT2D eigenvalue weighted by atomic mass is 10.1. The Kier molecular flexibility index (Phi) is 3.53. The first-order chi connectivity index (χ1) is 9.28. The fourth-order valence-corrected chi connectivity index (χ4v) is 2.93. The van der Waals surface area contributed by atoms with Gasteiger partial charge in [0.2, 0.25) is 0 Å². The van der Waals surface area contributed by atoms with E-state index in [0.717, 1.165) is 18.4 Å². The zero-order valence-electron chi connectivity index (χ0n) is 11.1. The summed E-state index contributed by atoms with van der Waals surface area (Å²) in [5.74, 6) is 0.108. The highest BCUT2D eigenvalue weighted by Gasteiger charge is 2.24. The molecule has 1 fully saturated rings. The second kappa shape index (κ2) is 5.31. The molecule has 4 heteroatoms. The maximum absolute atomic E-state index is 12.5. The van der Waals surface area contributed by atoms with Crippen molar-refractivity contribution in [2.75, 3.05) is 26.2 Å². The molecule has 0 saturated carbocycles. The molecule has 2 N–H and O–H groups in total. The van der Waals surface area contributed by atoms with E-state index in [1.54, 1.807) is 0 Å². The molecule has 0 spiro atoms. The van der Waals surface area contributed by atoms with Crippen LogP contribution < -0.4 is 5.73 Å². The zero-order chi connectivity index (χ0) is 13.2. The van der Waals surface area contributed by atoms with Crippen molar-refractivity contribution in [1.29, 1.82) is 0 Å². The van der Waals surface area contributed by atoms with Gasteiger partial charge in [-0.05, 0) is 42.5 Å². The maximum Gasteiger partial charge on any atom is 0.254 e. The average molecular weight is 260 g/mol. The van der Waals surface area contributed by atoms with Crippen LogP contribution in [0.3, 0.4) is 0 Å². The van der Waals surface area contributed by atoms with E-state index in [1.165, 1.54) is 17.5 Å². The standard InChI is InChI=1S/C15H20N2O2/c16-9-14-10-17(6-7-19-14)15(18)13-5-4-11-2-1-3-12(11)8-13/h4-5,8,14H,1-3,6-7,9-10,16H2/t14-/m1/s1. The topological polar surface area (TPSA) is 55.6 Å². The van der Waals surface area contributed by atoms with Crippen molar-refractivity contribution in [3.05, 3.63) is 34.9 Å². The van der Waals surface area contributed by atoms with Gasteiger partial charge in [0.25, 0.3) is 5.91 Å². The number of ether oxygens (including phenoxy) is 1. The van der Waals surface area contributed by atoms with Gasteiger partial charge in [0, 0.05) is 25.2 Å². The van der Waals surface area contributed by atoms with Crippen LogP contribution in [-0.4, -0.2) is 43.2 Å². The number of nitrogens with zero attached hydrogens (tertiary/aromatic N) is 1. The Hall–Kier alpha value is -1.39. The van der Waals surface area contributed by atoms with Gasteiger partial charge < -0.3 is 15.4 Å². The Balaban J connectivity index is 1.76. The second-order valence-electron chi connectivity index (χ2n) is 5.32. The molecule has 1 saturated heterocycles. The molecule has 0 radical (unpaired) electrons. The van der Waals surface area contributed by atoms with Gasteiger partial charge in [-0.25, -0.2) is 0 Å². The molecule has 1 aromatic carbocycles. The highest BCUT2D eigenvalue weighted by molar-refractivity contribution is 5.94. The van der Waals surface area contributed by atoms with Crippen LogP contribution in [0.1, 0.15) is 27.9 Å². The third kappa shape index (κ3) is 2.51. The van der Waals surface area contributed by atoms with Gasteiger partial charge in [0.05, 0.1) is 12.7 Å². The van der Waals surface area contributed by atoms with E-state index in [0.29, 0.717) is 26.2 Å². The van der Waals surface area contributed by atoms with Crippen LogP contribution in [0.2, 0.25) is 0 Å². The predicted octanol–water partition coefficient (Wildman–Crippen LogP) is 0.975. The molecule has 1 amide bonds. The molecule has 1 aliphatic carbocycles.